The molecular weight excluding hydrogens is 330 g/mol. The van der Waals surface area contributed by atoms with E-state index in [4.69, 9.17) is 0 Å². The van der Waals surface area contributed by atoms with E-state index < -0.39 is 0 Å². The van der Waals surface area contributed by atoms with Gasteiger partial charge in [-0.1, -0.05) is 25.5 Å². The van der Waals surface area contributed by atoms with Gasteiger partial charge in [-0.2, -0.15) is 0 Å². The van der Waals surface area contributed by atoms with Crippen molar-refractivity contribution in [2.24, 2.45) is 0 Å². The smallest absolute Gasteiger partial charge is 0.257 e. The van der Waals surface area contributed by atoms with Gasteiger partial charge >= 0.3 is 0 Å². The molecule has 136 valence electrons. The van der Waals surface area contributed by atoms with Gasteiger partial charge in [0, 0.05) is 37.2 Å². The number of Topliss-reactive ketones (excluding diaryl/α,β-unsaturated/α-hetero) is 1. The van der Waals surface area contributed by atoms with Gasteiger partial charge in [0.15, 0.2) is 5.78 Å². The minimum absolute atomic E-state index is 0.0783. The number of nitrogens with zero attached hydrogens (tertiary/aromatic N) is 2. The number of carbonyl (C=O) groups excluding carboxylic acids is 3. The second-order valence-corrected chi connectivity index (χ2v) is 6.13. The summed E-state index contributed by atoms with van der Waals surface area (Å²) in [5.41, 5.74) is 1.68. The fourth-order valence-corrected chi connectivity index (χ4v) is 2.42. The van der Waals surface area contributed by atoms with Crippen molar-refractivity contribution in [3.05, 3.63) is 59.4 Å². The van der Waals surface area contributed by atoms with Crippen molar-refractivity contribution in [2.45, 2.75) is 26.7 Å². The Morgan fingerprint density at radius 1 is 1.08 bits per heavy atom. The van der Waals surface area contributed by atoms with Crippen LogP contribution >= 0.6 is 0 Å². The Balaban J connectivity index is 2.14. The first-order chi connectivity index (χ1) is 12.4. The standard InChI is InChI=1S/C20H23N3O3/c1-4-5-9-23(3)20(26)17-10-16(12-21-13-17)19(25)22-18-8-6-7-15(11-18)14(2)24/h6-8,10-13H,4-5,9H2,1-3H3,(H,22,25). The van der Waals surface area contributed by atoms with Crippen LogP contribution in [-0.2, 0) is 0 Å². The first-order valence-electron chi connectivity index (χ1n) is 8.55. The molecule has 0 atom stereocenters. The van der Waals surface area contributed by atoms with Gasteiger partial charge in [0.2, 0.25) is 0 Å². The quantitative estimate of drug-likeness (QED) is 0.774. The number of benzene rings is 1. The van der Waals surface area contributed by atoms with Crippen molar-refractivity contribution in [3.8, 4) is 0 Å². The van der Waals surface area contributed by atoms with E-state index in [9.17, 15) is 14.4 Å². The summed E-state index contributed by atoms with van der Waals surface area (Å²) < 4.78 is 0. The van der Waals surface area contributed by atoms with Gasteiger partial charge in [0.25, 0.3) is 11.8 Å². The monoisotopic (exact) mass is 353 g/mol. The van der Waals surface area contributed by atoms with E-state index >= 15 is 0 Å². The largest absolute Gasteiger partial charge is 0.342 e. The third-order valence-electron chi connectivity index (χ3n) is 3.97. The Labute approximate surface area is 153 Å². The first kappa shape index (κ1) is 19.3. The maximum atomic E-state index is 12.5. The van der Waals surface area contributed by atoms with E-state index in [0.717, 1.165) is 12.8 Å². The number of amides is 2. The van der Waals surface area contributed by atoms with E-state index in [2.05, 4.69) is 17.2 Å². The van der Waals surface area contributed by atoms with Crippen molar-refractivity contribution in [3.63, 3.8) is 0 Å². The molecule has 2 amide bonds. The molecule has 1 heterocycles. The van der Waals surface area contributed by atoms with Gasteiger partial charge in [-0.25, -0.2) is 0 Å². The summed E-state index contributed by atoms with van der Waals surface area (Å²) >= 11 is 0. The van der Waals surface area contributed by atoms with Gasteiger partial charge in [-0.3, -0.25) is 19.4 Å². The molecule has 0 aliphatic rings. The number of unbranched alkanes of at least 4 members (excludes halogenated alkanes) is 1. The third kappa shape index (κ3) is 4.99. The lowest BCUT2D eigenvalue weighted by Gasteiger charge is -2.16. The number of pyridine rings is 1. The fraction of sp³-hybridized carbons (Fsp3) is 0.300. The molecule has 0 bridgehead atoms. The van der Waals surface area contributed by atoms with E-state index in [-0.39, 0.29) is 23.2 Å². The van der Waals surface area contributed by atoms with Gasteiger partial charge in [0.05, 0.1) is 11.1 Å². The highest BCUT2D eigenvalue weighted by Gasteiger charge is 2.15. The zero-order valence-corrected chi connectivity index (χ0v) is 15.3. The zero-order valence-electron chi connectivity index (χ0n) is 15.3. The minimum Gasteiger partial charge on any atom is -0.342 e. The van der Waals surface area contributed by atoms with Crippen LogP contribution in [0.5, 0.6) is 0 Å². The van der Waals surface area contributed by atoms with Gasteiger partial charge < -0.3 is 10.2 Å². The predicted molar refractivity (Wildman–Crippen MR) is 101 cm³/mol. The second-order valence-electron chi connectivity index (χ2n) is 6.13. The van der Waals surface area contributed by atoms with Crippen LogP contribution in [0.25, 0.3) is 0 Å². The molecule has 6 heteroatoms. The summed E-state index contributed by atoms with van der Waals surface area (Å²) in [5.74, 6) is -0.631. The highest BCUT2D eigenvalue weighted by atomic mass is 16.2. The molecule has 1 N–H and O–H groups in total. The topological polar surface area (TPSA) is 79.4 Å². The van der Waals surface area contributed by atoms with Gasteiger partial charge in [-0.15, -0.1) is 0 Å². The second kappa shape index (κ2) is 8.89. The molecule has 6 nitrogen and oxygen atoms in total. The van der Waals surface area contributed by atoms with Crippen LogP contribution in [0.15, 0.2) is 42.7 Å². The van der Waals surface area contributed by atoms with Crippen molar-refractivity contribution in [1.82, 2.24) is 9.88 Å². The number of anilines is 1. The number of ketones is 1. The molecule has 0 fully saturated rings. The Kier molecular flexibility index (Phi) is 6.60. The Bertz CT molecular complexity index is 817. The van der Waals surface area contributed by atoms with Crippen LogP contribution in [-0.4, -0.2) is 41.1 Å². The Morgan fingerprint density at radius 3 is 2.50 bits per heavy atom. The van der Waals surface area contributed by atoms with Crippen molar-refractivity contribution in [2.75, 3.05) is 18.9 Å². The van der Waals surface area contributed by atoms with E-state index in [1.165, 1.54) is 25.4 Å². The summed E-state index contributed by atoms with van der Waals surface area (Å²) in [4.78, 5) is 42.0. The fourth-order valence-electron chi connectivity index (χ4n) is 2.42. The molecule has 0 saturated heterocycles. The Hall–Kier alpha value is -3.02. The van der Waals surface area contributed by atoms with E-state index in [1.54, 1.807) is 36.2 Å². The third-order valence-corrected chi connectivity index (χ3v) is 3.97. The molecule has 0 aliphatic carbocycles. The highest BCUT2D eigenvalue weighted by molar-refractivity contribution is 6.06. The number of nitrogens with one attached hydrogen (secondary N) is 1. The van der Waals surface area contributed by atoms with Crippen molar-refractivity contribution < 1.29 is 14.4 Å². The summed E-state index contributed by atoms with van der Waals surface area (Å²) in [6.45, 7) is 4.19. The maximum Gasteiger partial charge on any atom is 0.257 e. The number of rotatable bonds is 7. The molecule has 1 aromatic carbocycles. The molecule has 0 spiro atoms. The average molecular weight is 353 g/mol. The predicted octanol–water partition coefficient (Wildman–Crippen LogP) is 3.41. The molecule has 0 radical (unpaired) electrons. The van der Waals surface area contributed by atoms with E-state index in [1.807, 2.05) is 0 Å². The van der Waals surface area contributed by atoms with Gasteiger partial charge in [0.1, 0.15) is 0 Å². The molecule has 26 heavy (non-hydrogen) atoms. The lowest BCUT2D eigenvalue weighted by molar-refractivity contribution is 0.0792. The van der Waals surface area contributed by atoms with Gasteiger partial charge in [-0.05, 0) is 31.5 Å². The van der Waals surface area contributed by atoms with Crippen LogP contribution in [0.3, 0.4) is 0 Å². The summed E-state index contributed by atoms with van der Waals surface area (Å²) in [5, 5.41) is 2.73. The molecule has 0 unspecified atom stereocenters. The molecule has 0 saturated carbocycles. The molecule has 0 aliphatic heterocycles. The van der Waals surface area contributed by atoms with Crippen LogP contribution in [0.2, 0.25) is 0 Å². The van der Waals surface area contributed by atoms with Crippen LogP contribution < -0.4 is 5.32 Å². The van der Waals surface area contributed by atoms with Crippen LogP contribution in [0.1, 0.15) is 57.8 Å². The van der Waals surface area contributed by atoms with Crippen LogP contribution in [0.4, 0.5) is 5.69 Å². The summed E-state index contributed by atoms with van der Waals surface area (Å²) in [7, 11) is 1.73. The molecule has 2 rings (SSSR count). The number of hydrogen-bond acceptors (Lipinski definition) is 4. The van der Waals surface area contributed by atoms with E-state index in [0.29, 0.717) is 23.4 Å². The van der Waals surface area contributed by atoms with Crippen molar-refractivity contribution in [1.29, 1.82) is 0 Å². The summed E-state index contributed by atoms with van der Waals surface area (Å²) in [6, 6.07) is 8.23. The number of carbonyl (C=O) groups is 3. The van der Waals surface area contributed by atoms with Crippen molar-refractivity contribution >= 4 is 23.3 Å². The summed E-state index contributed by atoms with van der Waals surface area (Å²) in [6.07, 6.45) is 4.78. The molecular formula is C20H23N3O3. The average Bonchev–Trinajstić information content (AvgIpc) is 2.65. The first-order valence-corrected chi connectivity index (χ1v) is 8.55. The number of aromatic nitrogens is 1. The lowest BCUT2D eigenvalue weighted by Crippen LogP contribution is -2.28. The highest BCUT2D eigenvalue weighted by Crippen LogP contribution is 2.14. The Morgan fingerprint density at radius 2 is 1.81 bits per heavy atom. The lowest BCUT2D eigenvalue weighted by atomic mass is 10.1. The number of hydrogen-bond donors (Lipinski definition) is 1. The minimum atomic E-state index is -0.385. The molecule has 1 aromatic heterocycles. The van der Waals surface area contributed by atoms with Crippen LogP contribution in [0, 0.1) is 0 Å². The maximum absolute atomic E-state index is 12.5. The zero-order chi connectivity index (χ0) is 19.1. The SMILES string of the molecule is CCCCN(C)C(=O)c1cncc(C(=O)Nc2cccc(C(C)=O)c2)c1. The normalized spacial score (nSPS) is 10.3. The molecule has 2 aromatic rings.